The van der Waals surface area contributed by atoms with E-state index in [0.29, 0.717) is 18.8 Å². The summed E-state index contributed by atoms with van der Waals surface area (Å²) in [5.41, 5.74) is 3.37. The Morgan fingerprint density at radius 1 is 1.32 bits per heavy atom. The number of nitrogens with zero attached hydrogens (tertiary/aromatic N) is 2. The number of aromatic amines is 1. The summed E-state index contributed by atoms with van der Waals surface area (Å²) in [7, 11) is 0. The van der Waals surface area contributed by atoms with Crippen LogP contribution in [0.25, 0.3) is 0 Å². The second-order valence-electron chi connectivity index (χ2n) is 6.45. The van der Waals surface area contributed by atoms with Gasteiger partial charge in [0.1, 0.15) is 17.6 Å². The molecule has 0 spiro atoms. The molecule has 0 bridgehead atoms. The molecule has 1 aromatic heterocycles. The third kappa shape index (κ3) is 3.32. The zero-order valence-corrected chi connectivity index (χ0v) is 13.5. The maximum atomic E-state index is 12.1. The number of nitrogens with two attached hydrogens (primary N) is 1. The monoisotopic (exact) mass is 348 g/mol. The van der Waals surface area contributed by atoms with Gasteiger partial charge < -0.3 is 16.2 Å². The molecular formula is C15H20N6O4. The summed E-state index contributed by atoms with van der Waals surface area (Å²) >= 11 is 0. The molecule has 134 valence electrons. The first-order valence-electron chi connectivity index (χ1n) is 8.12. The molecule has 10 heteroatoms. The van der Waals surface area contributed by atoms with Gasteiger partial charge in [-0.25, -0.2) is 4.79 Å². The Balaban J connectivity index is 1.73. The third-order valence-corrected chi connectivity index (χ3v) is 4.81. The number of carbonyl (C=O) groups is 1. The van der Waals surface area contributed by atoms with Crippen LogP contribution < -0.4 is 22.3 Å². The number of hydrogen-bond donors (Lipinski definition) is 5. The fourth-order valence-corrected chi connectivity index (χ4v) is 3.59. The van der Waals surface area contributed by atoms with Crippen molar-refractivity contribution in [2.45, 2.75) is 44.3 Å². The minimum atomic E-state index is -0.866. The van der Waals surface area contributed by atoms with Gasteiger partial charge in [0.2, 0.25) is 5.88 Å². The zero-order chi connectivity index (χ0) is 18.1. The van der Waals surface area contributed by atoms with Gasteiger partial charge in [-0.2, -0.15) is 0 Å². The highest BCUT2D eigenvalue weighted by atomic mass is 16.3. The lowest BCUT2D eigenvalue weighted by molar-refractivity contribution is -0.114. The summed E-state index contributed by atoms with van der Waals surface area (Å²) in [6.07, 6.45) is 4.69. The van der Waals surface area contributed by atoms with Crippen molar-refractivity contribution in [2.75, 3.05) is 0 Å². The fourth-order valence-electron chi connectivity index (χ4n) is 3.59. The van der Waals surface area contributed by atoms with Crippen LogP contribution in [-0.4, -0.2) is 38.8 Å². The van der Waals surface area contributed by atoms with E-state index in [9.17, 15) is 19.5 Å². The molecule has 1 aliphatic heterocycles. The highest BCUT2D eigenvalue weighted by Crippen LogP contribution is 2.35. The molecule has 0 saturated heterocycles. The number of rotatable bonds is 4. The van der Waals surface area contributed by atoms with Gasteiger partial charge in [0, 0.05) is 6.04 Å². The second-order valence-corrected chi connectivity index (χ2v) is 6.45. The van der Waals surface area contributed by atoms with Crippen LogP contribution in [0.4, 0.5) is 0 Å². The van der Waals surface area contributed by atoms with Gasteiger partial charge in [0.05, 0.1) is 6.21 Å². The smallest absolute Gasteiger partial charge is 0.331 e. The van der Waals surface area contributed by atoms with Crippen LogP contribution >= 0.6 is 0 Å². The third-order valence-electron chi connectivity index (χ3n) is 4.81. The number of hydrogen-bond acceptors (Lipinski definition) is 6. The molecule has 1 amide bonds. The predicted molar refractivity (Wildman–Crippen MR) is 90.0 cm³/mol. The standard InChI is InChI=1S/C15H20N6O4/c16-12(17)11-13(23)20-15(25)21(14(11)24)8-3-1-7(2-4-8)5-9-18-6-10(22)19-9/h6-9,24H,1-5H2,(H3,16,17)(H,19,22)(H,20,23,25). The first-order chi connectivity index (χ1) is 11.9. The number of aromatic nitrogens is 2. The fraction of sp³-hybridized carbons (Fsp3) is 0.533. The SMILES string of the molecule is N=C(N)c1c(O)n(C2CCC(CC3N=CC(=O)N3)CC2)c(=O)[nH]c1=O. The molecule has 1 aliphatic carbocycles. The topological polar surface area (TPSA) is 166 Å². The number of nitrogens with one attached hydrogen (secondary N) is 3. The van der Waals surface area contributed by atoms with Crippen molar-refractivity contribution < 1.29 is 9.90 Å². The molecule has 1 unspecified atom stereocenters. The van der Waals surface area contributed by atoms with E-state index in [-0.39, 0.29) is 23.7 Å². The van der Waals surface area contributed by atoms with Gasteiger partial charge in [-0.1, -0.05) is 0 Å². The molecule has 6 N–H and O–H groups in total. The van der Waals surface area contributed by atoms with Crippen molar-refractivity contribution in [1.82, 2.24) is 14.9 Å². The Labute approximate surface area is 142 Å². The van der Waals surface area contributed by atoms with Crippen molar-refractivity contribution >= 4 is 18.0 Å². The molecule has 25 heavy (non-hydrogen) atoms. The maximum absolute atomic E-state index is 12.1. The van der Waals surface area contributed by atoms with Crippen LogP contribution in [0.2, 0.25) is 0 Å². The Morgan fingerprint density at radius 2 is 2.00 bits per heavy atom. The number of nitrogen functional groups attached to an aromatic ring is 1. The van der Waals surface area contributed by atoms with Crippen molar-refractivity contribution in [2.24, 2.45) is 16.6 Å². The quantitative estimate of drug-likeness (QED) is 0.353. The minimum Gasteiger partial charge on any atom is -0.494 e. The van der Waals surface area contributed by atoms with Crippen LogP contribution in [0.5, 0.6) is 5.88 Å². The number of aliphatic imine (C=N–C) groups is 1. The van der Waals surface area contributed by atoms with E-state index in [4.69, 9.17) is 11.1 Å². The van der Waals surface area contributed by atoms with E-state index in [1.54, 1.807) is 0 Å². The summed E-state index contributed by atoms with van der Waals surface area (Å²) in [5.74, 6) is -0.974. The van der Waals surface area contributed by atoms with Crippen LogP contribution in [0.15, 0.2) is 14.6 Å². The number of amides is 1. The second kappa shape index (κ2) is 6.54. The summed E-state index contributed by atoms with van der Waals surface area (Å²) in [5, 5.41) is 20.4. The Morgan fingerprint density at radius 3 is 2.56 bits per heavy atom. The number of H-pyrrole nitrogens is 1. The van der Waals surface area contributed by atoms with E-state index < -0.39 is 23.0 Å². The molecule has 1 saturated carbocycles. The molecule has 1 fully saturated rings. The molecule has 0 radical (unpaired) electrons. The van der Waals surface area contributed by atoms with Crippen molar-refractivity contribution in [3.63, 3.8) is 0 Å². The Bertz CT molecular complexity index is 847. The van der Waals surface area contributed by atoms with Crippen molar-refractivity contribution in [3.8, 4) is 5.88 Å². The van der Waals surface area contributed by atoms with E-state index in [0.717, 1.165) is 23.8 Å². The summed E-state index contributed by atoms with van der Waals surface area (Å²) in [6, 6.07) is -0.277. The van der Waals surface area contributed by atoms with Gasteiger partial charge >= 0.3 is 5.69 Å². The van der Waals surface area contributed by atoms with Crippen LogP contribution in [-0.2, 0) is 4.79 Å². The first-order valence-corrected chi connectivity index (χ1v) is 8.12. The summed E-state index contributed by atoms with van der Waals surface area (Å²) < 4.78 is 1.11. The molecule has 2 heterocycles. The molecule has 10 nitrogen and oxygen atoms in total. The van der Waals surface area contributed by atoms with Gasteiger partial charge in [-0.3, -0.25) is 29.5 Å². The van der Waals surface area contributed by atoms with E-state index in [2.05, 4.69) is 15.3 Å². The molecule has 1 aromatic rings. The minimum absolute atomic E-state index is 0.180. The lowest BCUT2D eigenvalue weighted by atomic mass is 9.83. The Hall–Kier alpha value is -2.91. The van der Waals surface area contributed by atoms with Gasteiger partial charge in [0.25, 0.3) is 11.5 Å². The lowest BCUT2D eigenvalue weighted by Crippen LogP contribution is -2.38. The normalized spacial score (nSPS) is 25.8. The van der Waals surface area contributed by atoms with Crippen LogP contribution in [0.3, 0.4) is 0 Å². The zero-order valence-electron chi connectivity index (χ0n) is 13.5. The average molecular weight is 348 g/mol. The molecule has 1 atom stereocenters. The van der Waals surface area contributed by atoms with Crippen molar-refractivity contribution in [1.29, 1.82) is 5.41 Å². The van der Waals surface area contributed by atoms with Crippen LogP contribution in [0, 0.1) is 11.3 Å². The molecular weight excluding hydrogens is 328 g/mol. The van der Waals surface area contributed by atoms with Crippen LogP contribution in [0.1, 0.15) is 43.7 Å². The van der Waals surface area contributed by atoms with E-state index >= 15 is 0 Å². The molecule has 0 aromatic carbocycles. The van der Waals surface area contributed by atoms with E-state index in [1.165, 1.54) is 6.21 Å². The summed E-state index contributed by atoms with van der Waals surface area (Å²) in [4.78, 5) is 41.2. The predicted octanol–water partition coefficient (Wildman–Crippen LogP) is -0.826. The number of carbonyl (C=O) groups excluding carboxylic acids is 1. The maximum Gasteiger partial charge on any atom is 0.331 e. The van der Waals surface area contributed by atoms with Gasteiger partial charge in [0.15, 0.2) is 0 Å². The summed E-state index contributed by atoms with van der Waals surface area (Å²) in [6.45, 7) is 0. The van der Waals surface area contributed by atoms with Crippen molar-refractivity contribution in [3.05, 3.63) is 26.4 Å². The van der Waals surface area contributed by atoms with Gasteiger partial charge in [-0.05, 0) is 38.0 Å². The number of aromatic hydroxyl groups is 1. The van der Waals surface area contributed by atoms with Gasteiger partial charge in [-0.15, -0.1) is 0 Å². The number of amidine groups is 1. The lowest BCUT2D eigenvalue weighted by Gasteiger charge is -2.31. The highest BCUT2D eigenvalue weighted by Gasteiger charge is 2.29. The molecule has 2 aliphatic rings. The Kier molecular flexibility index (Phi) is 4.43. The molecule has 3 rings (SSSR count). The highest BCUT2D eigenvalue weighted by molar-refractivity contribution is 6.27. The average Bonchev–Trinajstić information content (AvgIpc) is 2.93. The largest absolute Gasteiger partial charge is 0.494 e. The first kappa shape index (κ1) is 16.9. The van der Waals surface area contributed by atoms with E-state index in [1.807, 2.05) is 0 Å².